The van der Waals surface area contributed by atoms with Crippen molar-refractivity contribution in [1.82, 2.24) is 5.01 Å². The quantitative estimate of drug-likeness (QED) is 0.113. The highest BCUT2D eigenvalue weighted by atomic mass is 32.2. The van der Waals surface area contributed by atoms with Gasteiger partial charge in [-0.05, 0) is 47.5 Å². The van der Waals surface area contributed by atoms with E-state index in [1.807, 2.05) is 0 Å². The first-order chi connectivity index (χ1) is 19.3. The molecular weight excluding hydrogens is 555 g/mol. The largest absolute Gasteiger partial charge is 0.416 e. The van der Waals surface area contributed by atoms with Crippen molar-refractivity contribution in [2.24, 2.45) is 5.73 Å². The van der Waals surface area contributed by atoms with Crippen molar-refractivity contribution in [3.63, 3.8) is 0 Å². The number of sulfone groups is 1. The van der Waals surface area contributed by atoms with Crippen molar-refractivity contribution >= 4 is 33.1 Å². The molecular formula is C29H26F3N5O3S. The molecule has 0 aliphatic carbocycles. The Balaban J connectivity index is 1.68. The lowest BCUT2D eigenvalue weighted by molar-refractivity contribution is -0.137. The van der Waals surface area contributed by atoms with Gasteiger partial charge in [0, 0.05) is 23.1 Å². The highest BCUT2D eigenvalue weighted by Gasteiger charge is 2.30. The zero-order valence-corrected chi connectivity index (χ0v) is 22.6. The number of nitrogens with zero attached hydrogens (tertiary/aromatic N) is 1. The summed E-state index contributed by atoms with van der Waals surface area (Å²) in [6.07, 6.45) is -3.52. The second kappa shape index (κ2) is 11.7. The van der Waals surface area contributed by atoms with Gasteiger partial charge < -0.3 is 11.1 Å². The number of benzene rings is 4. The van der Waals surface area contributed by atoms with E-state index in [-0.39, 0.29) is 28.5 Å². The smallest absolute Gasteiger partial charge is 0.384 e. The summed E-state index contributed by atoms with van der Waals surface area (Å²) in [5.41, 5.74) is 9.71. The molecule has 0 saturated heterocycles. The van der Waals surface area contributed by atoms with Crippen LogP contribution in [-0.4, -0.2) is 31.5 Å². The number of nitrogens with one attached hydrogen (secondary N) is 3. The van der Waals surface area contributed by atoms with Crippen LogP contribution in [0.1, 0.15) is 16.7 Å². The average molecular weight is 582 g/mol. The maximum Gasteiger partial charge on any atom is 0.416 e. The molecule has 0 fully saturated rings. The predicted octanol–water partition coefficient (Wildman–Crippen LogP) is 6.12. The number of hydrogen-bond donors (Lipinski definition) is 4. The van der Waals surface area contributed by atoms with Gasteiger partial charge in [0.2, 0.25) is 0 Å². The van der Waals surface area contributed by atoms with Crippen LogP contribution in [0.2, 0.25) is 0 Å². The number of alkyl halides is 3. The lowest BCUT2D eigenvalue weighted by Gasteiger charge is -2.26. The van der Waals surface area contributed by atoms with E-state index in [0.717, 1.165) is 23.4 Å². The van der Waals surface area contributed by atoms with Gasteiger partial charge in [-0.2, -0.15) is 13.2 Å². The first-order valence-electron chi connectivity index (χ1n) is 12.2. The summed E-state index contributed by atoms with van der Waals surface area (Å²) < 4.78 is 65.2. The monoisotopic (exact) mass is 581 g/mol. The summed E-state index contributed by atoms with van der Waals surface area (Å²) in [5.74, 6) is -0.214. The number of amidine groups is 1. The van der Waals surface area contributed by atoms with E-state index in [1.54, 1.807) is 54.6 Å². The maximum atomic E-state index is 13.5. The van der Waals surface area contributed by atoms with Crippen LogP contribution in [0.5, 0.6) is 0 Å². The van der Waals surface area contributed by atoms with Gasteiger partial charge in [0.1, 0.15) is 5.84 Å². The minimum atomic E-state index is -4.57. The fourth-order valence-electron chi connectivity index (χ4n) is 4.06. The van der Waals surface area contributed by atoms with Crippen LogP contribution < -0.4 is 16.5 Å². The molecule has 0 bridgehead atoms. The van der Waals surface area contributed by atoms with Crippen molar-refractivity contribution in [2.75, 3.05) is 17.0 Å². The predicted molar refractivity (Wildman–Crippen MR) is 152 cm³/mol. The number of halogens is 3. The zero-order valence-electron chi connectivity index (χ0n) is 21.7. The van der Waals surface area contributed by atoms with E-state index >= 15 is 0 Å². The standard InChI is InChI=1S/C29H26F3N5O3S/c1-41(39,40)26-17-23(13-14-25(26)20-8-3-2-4-9-20)35-28(38)37(36-24-12-6-10-21(16-24)27(33)34)18-19-7-5-11-22(15-19)29(30,31)32/h2-17,36H,18H2,1H3,(H3,33,34)(H,35,38). The van der Waals surface area contributed by atoms with E-state index in [9.17, 15) is 26.4 Å². The first-order valence-corrected chi connectivity index (χ1v) is 14.1. The molecule has 4 aromatic rings. The number of anilines is 2. The van der Waals surface area contributed by atoms with Gasteiger partial charge in [-0.15, -0.1) is 0 Å². The van der Waals surface area contributed by atoms with Crippen LogP contribution >= 0.6 is 0 Å². The Labute approximate surface area is 235 Å². The van der Waals surface area contributed by atoms with Crippen molar-refractivity contribution in [2.45, 2.75) is 17.6 Å². The van der Waals surface area contributed by atoms with Gasteiger partial charge in [-0.3, -0.25) is 10.8 Å². The molecule has 0 aromatic heterocycles. The summed E-state index contributed by atoms with van der Waals surface area (Å²) in [7, 11) is -3.71. The molecule has 5 N–H and O–H groups in total. The number of carbonyl (C=O) groups is 1. The van der Waals surface area contributed by atoms with Crippen molar-refractivity contribution < 1.29 is 26.4 Å². The van der Waals surface area contributed by atoms with Crippen LogP contribution in [-0.2, 0) is 22.6 Å². The topological polar surface area (TPSA) is 128 Å². The van der Waals surface area contributed by atoms with Crippen LogP contribution in [0, 0.1) is 5.41 Å². The third-order valence-corrected chi connectivity index (χ3v) is 7.13. The maximum absolute atomic E-state index is 13.5. The summed E-state index contributed by atoms with van der Waals surface area (Å²) >= 11 is 0. The number of nitrogens with two attached hydrogens (primary N) is 1. The molecule has 212 valence electrons. The van der Waals surface area contributed by atoms with Gasteiger partial charge in [0.15, 0.2) is 9.84 Å². The van der Waals surface area contributed by atoms with Crippen LogP contribution in [0.15, 0.2) is 102 Å². The molecule has 41 heavy (non-hydrogen) atoms. The van der Waals surface area contributed by atoms with E-state index in [1.165, 1.54) is 30.3 Å². The Morgan fingerprint density at radius 2 is 1.61 bits per heavy atom. The molecule has 0 heterocycles. The molecule has 12 heteroatoms. The Kier molecular flexibility index (Phi) is 8.33. The molecule has 0 atom stereocenters. The van der Waals surface area contributed by atoms with Crippen molar-refractivity contribution in [3.8, 4) is 11.1 Å². The van der Waals surface area contributed by atoms with Gasteiger partial charge in [-0.25, -0.2) is 18.2 Å². The van der Waals surface area contributed by atoms with Gasteiger partial charge in [0.05, 0.1) is 22.7 Å². The SMILES string of the molecule is CS(=O)(=O)c1cc(NC(=O)N(Cc2cccc(C(F)(F)F)c2)Nc2cccc(C(=N)N)c2)ccc1-c1ccccc1. The second-order valence-corrected chi connectivity index (χ2v) is 11.2. The van der Waals surface area contributed by atoms with Crippen molar-refractivity contribution in [3.05, 3.63) is 114 Å². The summed E-state index contributed by atoms with van der Waals surface area (Å²) in [4.78, 5) is 13.4. The van der Waals surface area contributed by atoms with Crippen molar-refractivity contribution in [1.29, 1.82) is 5.41 Å². The molecule has 8 nitrogen and oxygen atoms in total. The van der Waals surface area contributed by atoms with Gasteiger partial charge >= 0.3 is 12.2 Å². The van der Waals surface area contributed by atoms with Gasteiger partial charge in [0.25, 0.3) is 0 Å². The average Bonchev–Trinajstić information content (AvgIpc) is 2.92. The zero-order chi connectivity index (χ0) is 29.8. The summed E-state index contributed by atoms with van der Waals surface area (Å²) in [6, 6.07) is 23.4. The summed E-state index contributed by atoms with van der Waals surface area (Å²) in [5, 5.41) is 11.3. The third-order valence-electron chi connectivity index (χ3n) is 5.99. The molecule has 2 amide bonds. The minimum absolute atomic E-state index is 0.00644. The number of carbonyl (C=O) groups excluding carboxylic acids is 1. The molecule has 4 rings (SSSR count). The van der Waals surface area contributed by atoms with Gasteiger partial charge in [-0.1, -0.05) is 60.7 Å². The Bertz CT molecular complexity index is 1690. The van der Waals surface area contributed by atoms with E-state index in [2.05, 4.69) is 10.7 Å². The van der Waals surface area contributed by atoms with E-state index in [0.29, 0.717) is 22.4 Å². The number of rotatable bonds is 8. The first kappa shape index (κ1) is 29.2. The number of nitrogen functional groups attached to an aromatic ring is 1. The molecule has 0 saturated carbocycles. The molecule has 0 aliphatic rings. The number of amides is 2. The Morgan fingerprint density at radius 1 is 0.902 bits per heavy atom. The highest BCUT2D eigenvalue weighted by Crippen LogP contribution is 2.31. The Morgan fingerprint density at radius 3 is 2.27 bits per heavy atom. The lowest BCUT2D eigenvalue weighted by Crippen LogP contribution is -2.39. The number of hydrogen-bond acceptors (Lipinski definition) is 5. The molecule has 0 unspecified atom stereocenters. The normalized spacial score (nSPS) is 11.5. The number of urea groups is 1. The molecule has 0 aliphatic heterocycles. The fraction of sp³-hybridized carbons (Fsp3) is 0.103. The molecule has 4 aromatic carbocycles. The molecule has 0 spiro atoms. The molecule has 0 radical (unpaired) electrons. The van der Waals surface area contributed by atoms with Crippen LogP contribution in [0.25, 0.3) is 11.1 Å². The van der Waals surface area contributed by atoms with Crippen LogP contribution in [0.3, 0.4) is 0 Å². The van der Waals surface area contributed by atoms with Crippen LogP contribution in [0.4, 0.5) is 29.3 Å². The fourth-order valence-corrected chi connectivity index (χ4v) is 4.98. The Hall–Kier alpha value is -4.84. The highest BCUT2D eigenvalue weighted by molar-refractivity contribution is 7.90. The lowest BCUT2D eigenvalue weighted by atomic mass is 10.1. The third kappa shape index (κ3) is 7.42. The number of hydrazine groups is 1. The second-order valence-electron chi connectivity index (χ2n) is 9.17. The minimum Gasteiger partial charge on any atom is -0.384 e. The van der Waals surface area contributed by atoms with E-state index in [4.69, 9.17) is 11.1 Å². The van der Waals surface area contributed by atoms with E-state index < -0.39 is 27.6 Å². The summed E-state index contributed by atoms with van der Waals surface area (Å²) in [6.45, 7) is -0.291.